The van der Waals surface area contributed by atoms with Gasteiger partial charge in [-0.2, -0.15) is 0 Å². The lowest BCUT2D eigenvalue weighted by molar-refractivity contribution is -0.144. The second-order valence-electron chi connectivity index (χ2n) is 12.3. The van der Waals surface area contributed by atoms with E-state index in [1.54, 1.807) is 4.90 Å². The first-order chi connectivity index (χ1) is 19.2. The number of hydrogen-bond donors (Lipinski definition) is 2. The first kappa shape index (κ1) is 26.8. The van der Waals surface area contributed by atoms with Gasteiger partial charge in [0.1, 0.15) is 11.6 Å². The number of carbonyl (C=O) groups is 3. The quantitative estimate of drug-likeness (QED) is 0.515. The fraction of sp³-hybridized carbons (Fsp3) is 0.485. The molecule has 1 aliphatic carbocycles. The minimum Gasteiger partial charge on any atom is -0.359 e. The van der Waals surface area contributed by atoms with Crippen molar-refractivity contribution < 1.29 is 19.1 Å². The SMILES string of the molecule is Cc1cccc(NC(=O)[C@H]2[C@H]3C=C[C@@]4(O3)[C@H]2C(=O)N([C@H](C)c2ccccc2)[C@@H]4C(=O)N[C@@H]2CCC[C@H](C)[C@H]2C)c1. The van der Waals surface area contributed by atoms with Crippen molar-refractivity contribution in [2.45, 2.75) is 76.8 Å². The van der Waals surface area contributed by atoms with Crippen LogP contribution in [-0.2, 0) is 19.1 Å². The fourth-order valence-electron chi connectivity index (χ4n) is 7.51. The number of nitrogens with zero attached hydrogens (tertiary/aromatic N) is 1. The van der Waals surface area contributed by atoms with E-state index in [4.69, 9.17) is 4.74 Å². The van der Waals surface area contributed by atoms with Gasteiger partial charge in [-0.25, -0.2) is 0 Å². The van der Waals surface area contributed by atoms with E-state index >= 15 is 0 Å². The summed E-state index contributed by atoms with van der Waals surface area (Å²) in [4.78, 5) is 44.1. The number of likely N-dealkylation sites (tertiary alicyclic amines) is 1. The van der Waals surface area contributed by atoms with Crippen LogP contribution in [-0.4, -0.2) is 46.4 Å². The van der Waals surface area contributed by atoms with Crippen LogP contribution in [0, 0.1) is 30.6 Å². The van der Waals surface area contributed by atoms with Gasteiger partial charge in [-0.3, -0.25) is 14.4 Å². The van der Waals surface area contributed by atoms with E-state index in [-0.39, 0.29) is 29.8 Å². The Balaban J connectivity index is 1.35. The number of amides is 3. The van der Waals surface area contributed by atoms with Gasteiger partial charge in [0, 0.05) is 11.7 Å². The lowest BCUT2D eigenvalue weighted by Crippen LogP contribution is -2.58. The minimum atomic E-state index is -1.19. The molecule has 3 amide bonds. The van der Waals surface area contributed by atoms with E-state index in [0.29, 0.717) is 17.5 Å². The number of fused-ring (bicyclic) bond motifs is 1. The van der Waals surface area contributed by atoms with Gasteiger partial charge < -0.3 is 20.3 Å². The molecule has 0 radical (unpaired) electrons. The molecule has 9 atom stereocenters. The maximum Gasteiger partial charge on any atom is 0.246 e. The molecule has 2 bridgehead atoms. The van der Waals surface area contributed by atoms with Crippen LogP contribution in [0.1, 0.15) is 57.2 Å². The molecular weight excluding hydrogens is 502 g/mol. The molecule has 4 aliphatic rings. The molecule has 40 heavy (non-hydrogen) atoms. The molecule has 0 unspecified atom stereocenters. The topological polar surface area (TPSA) is 87.7 Å². The monoisotopic (exact) mass is 541 g/mol. The summed E-state index contributed by atoms with van der Waals surface area (Å²) < 4.78 is 6.54. The molecule has 210 valence electrons. The zero-order valence-corrected chi connectivity index (χ0v) is 23.7. The van der Waals surface area contributed by atoms with Crippen LogP contribution in [0.4, 0.5) is 5.69 Å². The molecule has 2 aromatic carbocycles. The van der Waals surface area contributed by atoms with Crippen molar-refractivity contribution in [1.82, 2.24) is 10.2 Å². The van der Waals surface area contributed by atoms with Gasteiger partial charge in [0.2, 0.25) is 17.7 Å². The highest BCUT2D eigenvalue weighted by Gasteiger charge is 2.73. The van der Waals surface area contributed by atoms with Crippen LogP contribution in [0.15, 0.2) is 66.7 Å². The number of benzene rings is 2. The number of anilines is 1. The van der Waals surface area contributed by atoms with Crippen molar-refractivity contribution >= 4 is 23.4 Å². The van der Waals surface area contributed by atoms with Crippen molar-refractivity contribution in [2.24, 2.45) is 23.7 Å². The Morgan fingerprint density at radius 1 is 1.05 bits per heavy atom. The van der Waals surface area contributed by atoms with E-state index in [9.17, 15) is 14.4 Å². The zero-order valence-electron chi connectivity index (χ0n) is 23.7. The van der Waals surface area contributed by atoms with Gasteiger partial charge in [-0.15, -0.1) is 0 Å². The van der Waals surface area contributed by atoms with Crippen LogP contribution in [0.2, 0.25) is 0 Å². The average Bonchev–Trinajstić information content (AvgIpc) is 3.58. The highest BCUT2D eigenvalue weighted by Crippen LogP contribution is 2.56. The first-order valence-corrected chi connectivity index (χ1v) is 14.6. The third kappa shape index (κ3) is 4.26. The van der Waals surface area contributed by atoms with E-state index in [1.807, 2.05) is 80.6 Å². The minimum absolute atomic E-state index is 0.0404. The van der Waals surface area contributed by atoms with Crippen molar-refractivity contribution in [2.75, 3.05) is 5.32 Å². The van der Waals surface area contributed by atoms with Crippen LogP contribution >= 0.6 is 0 Å². The average molecular weight is 542 g/mol. The Bertz CT molecular complexity index is 1340. The van der Waals surface area contributed by atoms with E-state index < -0.39 is 29.6 Å². The normalized spacial score (nSPS) is 35.0. The highest BCUT2D eigenvalue weighted by atomic mass is 16.5. The second-order valence-corrected chi connectivity index (χ2v) is 12.3. The van der Waals surface area contributed by atoms with Crippen molar-refractivity contribution in [3.8, 4) is 0 Å². The Kier molecular flexibility index (Phi) is 6.81. The van der Waals surface area contributed by atoms with Gasteiger partial charge >= 0.3 is 0 Å². The molecule has 1 spiro atoms. The number of carbonyl (C=O) groups excluding carboxylic acids is 3. The molecule has 7 nitrogen and oxygen atoms in total. The molecule has 3 aliphatic heterocycles. The predicted octanol–water partition coefficient (Wildman–Crippen LogP) is 4.79. The summed E-state index contributed by atoms with van der Waals surface area (Å²) in [5, 5.41) is 6.34. The Labute approximate surface area is 236 Å². The molecule has 3 fully saturated rings. The lowest BCUT2D eigenvalue weighted by atomic mass is 9.73. The molecule has 2 N–H and O–H groups in total. The van der Waals surface area contributed by atoms with Gasteiger partial charge in [0.15, 0.2) is 0 Å². The Morgan fingerprint density at radius 3 is 2.58 bits per heavy atom. The predicted molar refractivity (Wildman–Crippen MR) is 153 cm³/mol. The van der Waals surface area contributed by atoms with Crippen LogP contribution in [0.3, 0.4) is 0 Å². The number of hydrogen-bond acceptors (Lipinski definition) is 4. The standard InChI is InChI=1S/C33H39N3O4/c1-19-10-8-14-24(18-19)34-30(37)27-26-16-17-33(40-26)28(27)32(39)36(22(4)23-12-6-5-7-13-23)29(33)31(38)35-25-15-9-11-20(2)21(25)3/h5-8,10,12-14,16-18,20-22,25-29H,9,11,15H2,1-4H3,(H,34,37)(H,35,38)/t20-,21+,22+,25+,26+,27-,28+,29+,33+/m0/s1. The van der Waals surface area contributed by atoms with Crippen LogP contribution in [0.5, 0.6) is 0 Å². The zero-order chi connectivity index (χ0) is 28.2. The highest BCUT2D eigenvalue weighted by molar-refractivity contribution is 6.03. The number of rotatable bonds is 6. The Morgan fingerprint density at radius 2 is 1.82 bits per heavy atom. The summed E-state index contributed by atoms with van der Waals surface area (Å²) in [6.07, 6.45) is 6.33. The van der Waals surface area contributed by atoms with Crippen molar-refractivity contribution in [3.05, 3.63) is 77.9 Å². The fourth-order valence-corrected chi connectivity index (χ4v) is 7.51. The summed E-state index contributed by atoms with van der Waals surface area (Å²) >= 11 is 0. The van der Waals surface area contributed by atoms with E-state index in [0.717, 1.165) is 30.4 Å². The van der Waals surface area contributed by atoms with Crippen molar-refractivity contribution in [3.63, 3.8) is 0 Å². The maximum absolute atomic E-state index is 14.4. The van der Waals surface area contributed by atoms with Gasteiger partial charge in [0.05, 0.1) is 24.0 Å². The summed E-state index contributed by atoms with van der Waals surface area (Å²) in [5.41, 5.74) is 1.46. The molecule has 1 saturated carbocycles. The number of nitrogens with one attached hydrogen (secondary N) is 2. The molecule has 6 rings (SSSR count). The lowest BCUT2D eigenvalue weighted by Gasteiger charge is -2.39. The summed E-state index contributed by atoms with van der Waals surface area (Å²) in [7, 11) is 0. The third-order valence-corrected chi connectivity index (χ3v) is 9.88. The second kappa shape index (κ2) is 10.2. The first-order valence-electron chi connectivity index (χ1n) is 14.6. The molecule has 2 aromatic rings. The van der Waals surface area contributed by atoms with Gasteiger partial charge in [0.25, 0.3) is 0 Å². The van der Waals surface area contributed by atoms with Crippen LogP contribution < -0.4 is 10.6 Å². The summed E-state index contributed by atoms with van der Waals surface area (Å²) in [6.45, 7) is 8.36. The summed E-state index contributed by atoms with van der Waals surface area (Å²) in [6, 6.07) is 16.1. The molecule has 3 heterocycles. The largest absolute Gasteiger partial charge is 0.359 e. The molecular formula is C33H39N3O4. The van der Waals surface area contributed by atoms with E-state index in [2.05, 4.69) is 24.5 Å². The Hall–Kier alpha value is -3.45. The summed E-state index contributed by atoms with van der Waals surface area (Å²) in [5.74, 6) is -1.32. The maximum atomic E-state index is 14.4. The van der Waals surface area contributed by atoms with Gasteiger partial charge in [-0.1, -0.05) is 81.3 Å². The molecule has 2 saturated heterocycles. The molecule has 7 heteroatoms. The van der Waals surface area contributed by atoms with Crippen LogP contribution in [0.25, 0.3) is 0 Å². The number of aryl methyl sites for hydroxylation is 1. The number of ether oxygens (including phenoxy) is 1. The third-order valence-electron chi connectivity index (χ3n) is 9.88. The van der Waals surface area contributed by atoms with Crippen molar-refractivity contribution in [1.29, 1.82) is 0 Å². The van der Waals surface area contributed by atoms with E-state index in [1.165, 1.54) is 0 Å². The molecule has 0 aromatic heterocycles. The van der Waals surface area contributed by atoms with Gasteiger partial charge in [-0.05, 0) is 55.4 Å². The smallest absolute Gasteiger partial charge is 0.246 e.